The molecule has 0 fully saturated rings. The number of aliphatic carboxylic acids is 1. The lowest BCUT2D eigenvalue weighted by Crippen LogP contribution is -2.32. The Balaban J connectivity index is 2.93. The Morgan fingerprint density at radius 3 is 2.50 bits per heavy atom. The number of phenols is 1. The van der Waals surface area contributed by atoms with Gasteiger partial charge in [0.25, 0.3) is 0 Å². The smallest absolute Gasteiger partial charge is 0.328 e. The van der Waals surface area contributed by atoms with Gasteiger partial charge in [0.1, 0.15) is 17.4 Å². The molecule has 0 aliphatic carbocycles. The fraction of sp³-hybridized carbons (Fsp3) is 0.500. The van der Waals surface area contributed by atoms with E-state index in [2.05, 4.69) is 0 Å². The van der Waals surface area contributed by atoms with Gasteiger partial charge >= 0.3 is 11.9 Å². The molecular weight excluding hydrogens is 286 g/mol. The second-order valence-electron chi connectivity index (χ2n) is 6.14. The maximum absolute atomic E-state index is 12.1. The van der Waals surface area contributed by atoms with Crippen LogP contribution in [-0.4, -0.2) is 27.8 Å². The lowest BCUT2D eigenvalue weighted by molar-refractivity contribution is -0.156. The van der Waals surface area contributed by atoms with Gasteiger partial charge in [-0.1, -0.05) is 6.07 Å². The highest BCUT2D eigenvalue weighted by Crippen LogP contribution is 2.25. The van der Waals surface area contributed by atoms with Crippen molar-refractivity contribution in [2.45, 2.75) is 51.7 Å². The Labute approximate surface area is 129 Å². The molecule has 22 heavy (non-hydrogen) atoms. The molecule has 1 rings (SSSR count). The predicted octanol–water partition coefficient (Wildman–Crippen LogP) is 2.14. The Bertz CT molecular complexity index is 548. The fourth-order valence-electron chi connectivity index (χ4n) is 2.02. The van der Waals surface area contributed by atoms with Crippen molar-refractivity contribution in [2.24, 2.45) is 5.73 Å². The van der Waals surface area contributed by atoms with Crippen molar-refractivity contribution in [2.75, 3.05) is 0 Å². The van der Waals surface area contributed by atoms with Crippen LogP contribution in [0.3, 0.4) is 0 Å². The average Bonchev–Trinajstić information content (AvgIpc) is 2.37. The third kappa shape index (κ3) is 5.73. The number of nitrogens with two attached hydrogens (primary N) is 1. The molecule has 1 aromatic rings. The maximum Gasteiger partial charge on any atom is 0.328 e. The SMILES string of the molecule is CC(C)(C)OC(=O)C(N)c1cc(O)ccc1CCCC(=O)O. The first-order chi connectivity index (χ1) is 10.1. The summed E-state index contributed by atoms with van der Waals surface area (Å²) in [6, 6.07) is 3.54. The minimum Gasteiger partial charge on any atom is -0.508 e. The molecule has 6 nitrogen and oxygen atoms in total. The zero-order chi connectivity index (χ0) is 16.9. The number of carbonyl (C=O) groups is 2. The summed E-state index contributed by atoms with van der Waals surface area (Å²) in [7, 11) is 0. The van der Waals surface area contributed by atoms with Crippen molar-refractivity contribution in [1.82, 2.24) is 0 Å². The summed E-state index contributed by atoms with van der Waals surface area (Å²) in [6.07, 6.45) is 0.911. The van der Waals surface area contributed by atoms with Crippen LogP contribution in [0.1, 0.15) is 50.8 Å². The van der Waals surface area contributed by atoms with E-state index in [1.54, 1.807) is 26.8 Å². The first-order valence-corrected chi connectivity index (χ1v) is 7.12. The van der Waals surface area contributed by atoms with E-state index in [0.717, 1.165) is 5.56 Å². The van der Waals surface area contributed by atoms with Gasteiger partial charge in [-0.15, -0.1) is 0 Å². The Morgan fingerprint density at radius 2 is 1.95 bits per heavy atom. The van der Waals surface area contributed by atoms with Crippen molar-refractivity contribution in [3.63, 3.8) is 0 Å². The largest absolute Gasteiger partial charge is 0.508 e. The van der Waals surface area contributed by atoms with Gasteiger partial charge in [-0.05, 0) is 56.9 Å². The number of esters is 1. The molecule has 0 aliphatic heterocycles. The third-order valence-corrected chi connectivity index (χ3v) is 2.96. The Kier molecular flexibility index (Phi) is 5.93. The quantitative estimate of drug-likeness (QED) is 0.694. The van der Waals surface area contributed by atoms with Gasteiger partial charge in [-0.2, -0.15) is 0 Å². The molecule has 4 N–H and O–H groups in total. The molecule has 1 atom stereocenters. The van der Waals surface area contributed by atoms with Crippen molar-refractivity contribution in [1.29, 1.82) is 0 Å². The molecule has 0 bridgehead atoms. The number of ether oxygens (including phenoxy) is 1. The molecule has 1 aromatic carbocycles. The highest BCUT2D eigenvalue weighted by molar-refractivity contribution is 5.78. The van der Waals surface area contributed by atoms with Gasteiger partial charge < -0.3 is 20.7 Å². The fourth-order valence-corrected chi connectivity index (χ4v) is 2.02. The number of aromatic hydroxyl groups is 1. The molecule has 0 saturated heterocycles. The number of benzene rings is 1. The van der Waals surface area contributed by atoms with Crippen molar-refractivity contribution < 1.29 is 24.5 Å². The second kappa shape index (κ2) is 7.26. The maximum atomic E-state index is 12.1. The van der Waals surface area contributed by atoms with Crippen molar-refractivity contribution in [3.8, 4) is 5.75 Å². The number of phenolic OH excluding ortho intramolecular Hbond substituents is 1. The molecule has 0 aromatic heterocycles. The number of hydrogen-bond donors (Lipinski definition) is 3. The summed E-state index contributed by atoms with van der Waals surface area (Å²) in [6.45, 7) is 5.23. The first-order valence-electron chi connectivity index (χ1n) is 7.12. The van der Waals surface area contributed by atoms with Crippen LogP contribution in [0.2, 0.25) is 0 Å². The minimum atomic E-state index is -1.02. The first kappa shape index (κ1) is 18.0. The van der Waals surface area contributed by atoms with E-state index in [-0.39, 0.29) is 12.2 Å². The highest BCUT2D eigenvalue weighted by atomic mass is 16.6. The van der Waals surface area contributed by atoms with Gasteiger partial charge in [-0.3, -0.25) is 4.79 Å². The van der Waals surface area contributed by atoms with E-state index in [4.69, 9.17) is 15.6 Å². The van der Waals surface area contributed by atoms with E-state index in [9.17, 15) is 14.7 Å². The number of carboxylic acid groups (broad SMARTS) is 1. The van der Waals surface area contributed by atoms with Crippen LogP contribution in [0.5, 0.6) is 5.75 Å². The standard InChI is InChI=1S/C16H23NO5/c1-16(2,3)22-15(21)14(17)12-9-11(18)8-7-10(12)5-4-6-13(19)20/h7-9,14,18H,4-6,17H2,1-3H3,(H,19,20). The molecule has 6 heteroatoms. The zero-order valence-corrected chi connectivity index (χ0v) is 13.1. The topological polar surface area (TPSA) is 110 Å². The summed E-state index contributed by atoms with van der Waals surface area (Å²) in [5.74, 6) is -1.47. The summed E-state index contributed by atoms with van der Waals surface area (Å²) in [5, 5.41) is 18.3. The van der Waals surface area contributed by atoms with E-state index in [1.807, 2.05) is 0 Å². The van der Waals surface area contributed by atoms with Crippen LogP contribution in [0.25, 0.3) is 0 Å². The Morgan fingerprint density at radius 1 is 1.32 bits per heavy atom. The second-order valence-corrected chi connectivity index (χ2v) is 6.14. The molecule has 0 radical (unpaired) electrons. The van der Waals surface area contributed by atoms with E-state index in [0.29, 0.717) is 18.4 Å². The van der Waals surface area contributed by atoms with E-state index in [1.165, 1.54) is 12.1 Å². The number of aryl methyl sites for hydroxylation is 1. The molecule has 0 heterocycles. The number of hydrogen-bond acceptors (Lipinski definition) is 5. The predicted molar refractivity (Wildman–Crippen MR) is 81.5 cm³/mol. The molecule has 1 unspecified atom stereocenters. The van der Waals surface area contributed by atoms with Crippen LogP contribution < -0.4 is 5.73 Å². The monoisotopic (exact) mass is 309 g/mol. The average molecular weight is 309 g/mol. The summed E-state index contributed by atoms with van der Waals surface area (Å²) < 4.78 is 5.25. The van der Waals surface area contributed by atoms with Crippen molar-refractivity contribution in [3.05, 3.63) is 29.3 Å². The molecular formula is C16H23NO5. The highest BCUT2D eigenvalue weighted by Gasteiger charge is 2.25. The van der Waals surface area contributed by atoms with E-state index >= 15 is 0 Å². The minimum absolute atomic E-state index is 0.00371. The summed E-state index contributed by atoms with van der Waals surface area (Å²) >= 11 is 0. The molecule has 122 valence electrons. The molecule has 0 saturated carbocycles. The molecule has 0 spiro atoms. The van der Waals surface area contributed by atoms with Crippen LogP contribution in [0, 0.1) is 0 Å². The molecule has 0 amide bonds. The van der Waals surface area contributed by atoms with Crippen LogP contribution in [0.4, 0.5) is 0 Å². The van der Waals surface area contributed by atoms with Crippen LogP contribution in [0.15, 0.2) is 18.2 Å². The van der Waals surface area contributed by atoms with E-state index < -0.39 is 23.6 Å². The Hall–Kier alpha value is -2.08. The van der Waals surface area contributed by atoms with Gasteiger partial charge in [0.05, 0.1) is 0 Å². The van der Waals surface area contributed by atoms with Crippen LogP contribution >= 0.6 is 0 Å². The number of carboxylic acids is 1. The van der Waals surface area contributed by atoms with Crippen molar-refractivity contribution >= 4 is 11.9 Å². The zero-order valence-electron chi connectivity index (χ0n) is 13.1. The third-order valence-electron chi connectivity index (χ3n) is 2.96. The van der Waals surface area contributed by atoms with Gasteiger partial charge in [-0.25, -0.2) is 4.79 Å². The number of carbonyl (C=O) groups excluding carboxylic acids is 1. The van der Waals surface area contributed by atoms with Crippen LogP contribution in [-0.2, 0) is 20.7 Å². The molecule has 0 aliphatic rings. The normalized spacial score (nSPS) is 12.7. The lowest BCUT2D eigenvalue weighted by atomic mass is 9.96. The summed E-state index contributed by atoms with van der Waals surface area (Å²) in [5.41, 5.74) is 6.48. The number of rotatable bonds is 6. The van der Waals surface area contributed by atoms with Gasteiger partial charge in [0.2, 0.25) is 0 Å². The van der Waals surface area contributed by atoms with Gasteiger partial charge in [0, 0.05) is 6.42 Å². The summed E-state index contributed by atoms with van der Waals surface area (Å²) in [4.78, 5) is 22.7. The van der Waals surface area contributed by atoms with Gasteiger partial charge in [0.15, 0.2) is 0 Å². The lowest BCUT2D eigenvalue weighted by Gasteiger charge is -2.23.